The number of anilines is 1. The molecule has 2 aromatic carbocycles. The molecule has 3 heterocycles. The Morgan fingerprint density at radius 3 is 2.73 bits per heavy atom. The van der Waals surface area contributed by atoms with Crippen LogP contribution in [0.25, 0.3) is 10.9 Å². The van der Waals surface area contributed by atoms with Crippen molar-refractivity contribution in [3.8, 4) is 5.75 Å². The Balaban J connectivity index is 1.70. The van der Waals surface area contributed by atoms with E-state index in [-0.39, 0.29) is 12.1 Å². The van der Waals surface area contributed by atoms with Gasteiger partial charge in [0.25, 0.3) is 5.91 Å². The van der Waals surface area contributed by atoms with Crippen LogP contribution in [0.3, 0.4) is 0 Å². The molecule has 0 bridgehead atoms. The molecule has 0 aliphatic carbocycles. The fourth-order valence-corrected chi connectivity index (χ4v) is 4.39. The Kier molecular flexibility index (Phi) is 3.11. The summed E-state index contributed by atoms with van der Waals surface area (Å²) in [5, 5.41) is 1.15. The first-order chi connectivity index (χ1) is 12.6. The van der Waals surface area contributed by atoms with Gasteiger partial charge in [0.2, 0.25) is 0 Å². The lowest BCUT2D eigenvalue weighted by atomic mass is 10.0. The summed E-state index contributed by atoms with van der Waals surface area (Å²) in [7, 11) is 3.76. The molecule has 132 valence electrons. The zero-order valence-electron chi connectivity index (χ0n) is 15.2. The van der Waals surface area contributed by atoms with Crippen LogP contribution in [-0.4, -0.2) is 36.1 Å². The number of rotatable bonds is 1. The summed E-state index contributed by atoms with van der Waals surface area (Å²) in [6.07, 6.45) is -0.0788. The first-order valence-electron chi connectivity index (χ1n) is 8.90. The molecule has 1 aromatic heterocycles. The van der Waals surface area contributed by atoms with Gasteiger partial charge in [-0.2, -0.15) is 0 Å². The predicted octanol–water partition coefficient (Wildman–Crippen LogP) is 3.56. The fourth-order valence-electron chi connectivity index (χ4n) is 4.39. The zero-order chi connectivity index (χ0) is 18.0. The van der Waals surface area contributed by atoms with Crippen molar-refractivity contribution in [1.29, 1.82) is 0 Å². The van der Waals surface area contributed by atoms with E-state index in [9.17, 15) is 4.79 Å². The summed E-state index contributed by atoms with van der Waals surface area (Å²) in [6, 6.07) is 14.5. The standard InChI is InChI=1S/C21H21N3O2/c1-13-4-6-18-16(10-13)21(25)24-9-8-23-17-7-5-15(26-3)11-14(17)12-19(23)20(24)22(18)2/h4-7,10-12,20H,8-9H2,1-3H3. The first-order valence-corrected chi connectivity index (χ1v) is 8.90. The normalized spacial score (nSPS) is 18.6. The van der Waals surface area contributed by atoms with E-state index in [2.05, 4.69) is 46.8 Å². The molecule has 1 atom stereocenters. The minimum Gasteiger partial charge on any atom is -0.497 e. The van der Waals surface area contributed by atoms with Crippen LogP contribution in [0.1, 0.15) is 27.8 Å². The summed E-state index contributed by atoms with van der Waals surface area (Å²) in [4.78, 5) is 17.4. The summed E-state index contributed by atoms with van der Waals surface area (Å²) < 4.78 is 7.70. The number of hydrogen-bond donors (Lipinski definition) is 0. The van der Waals surface area contributed by atoms with E-state index in [4.69, 9.17) is 4.74 Å². The molecule has 26 heavy (non-hydrogen) atoms. The molecule has 5 rings (SSSR count). The minimum atomic E-state index is -0.0788. The van der Waals surface area contributed by atoms with Crippen molar-refractivity contribution in [2.24, 2.45) is 0 Å². The molecule has 5 heteroatoms. The van der Waals surface area contributed by atoms with Crippen molar-refractivity contribution in [3.63, 3.8) is 0 Å². The van der Waals surface area contributed by atoms with Crippen LogP contribution in [0.15, 0.2) is 42.5 Å². The predicted molar refractivity (Wildman–Crippen MR) is 102 cm³/mol. The highest BCUT2D eigenvalue weighted by Gasteiger charge is 2.40. The molecule has 0 saturated carbocycles. The fraction of sp³-hybridized carbons (Fsp3) is 0.286. The molecule has 5 nitrogen and oxygen atoms in total. The van der Waals surface area contributed by atoms with Crippen molar-refractivity contribution >= 4 is 22.5 Å². The Labute approximate surface area is 152 Å². The Hall–Kier alpha value is -2.95. The van der Waals surface area contributed by atoms with Crippen LogP contribution >= 0.6 is 0 Å². The number of carbonyl (C=O) groups excluding carboxylic acids is 1. The number of amides is 1. The quantitative estimate of drug-likeness (QED) is 0.675. The molecule has 0 spiro atoms. The van der Waals surface area contributed by atoms with Gasteiger partial charge in [-0.1, -0.05) is 11.6 Å². The van der Waals surface area contributed by atoms with Gasteiger partial charge >= 0.3 is 0 Å². The number of ether oxygens (including phenoxy) is 1. The van der Waals surface area contributed by atoms with Gasteiger partial charge in [0, 0.05) is 31.0 Å². The maximum Gasteiger partial charge on any atom is 0.257 e. The van der Waals surface area contributed by atoms with Crippen LogP contribution in [-0.2, 0) is 6.54 Å². The Morgan fingerprint density at radius 2 is 1.92 bits per heavy atom. The number of aromatic nitrogens is 1. The van der Waals surface area contributed by atoms with Gasteiger partial charge in [-0.15, -0.1) is 0 Å². The van der Waals surface area contributed by atoms with Crippen molar-refractivity contribution in [1.82, 2.24) is 9.47 Å². The SMILES string of the molecule is COc1ccc2c(c1)cc1n2CCN2C(=O)c3cc(C)ccc3N(C)C12. The molecule has 0 fully saturated rings. The second-order valence-electron chi connectivity index (χ2n) is 7.15. The Bertz CT molecular complexity index is 1050. The van der Waals surface area contributed by atoms with E-state index >= 15 is 0 Å². The third kappa shape index (κ3) is 1.94. The van der Waals surface area contributed by atoms with Gasteiger partial charge in [-0.3, -0.25) is 4.79 Å². The van der Waals surface area contributed by atoms with Crippen LogP contribution < -0.4 is 9.64 Å². The molecule has 2 aliphatic rings. The summed E-state index contributed by atoms with van der Waals surface area (Å²) >= 11 is 0. The number of aryl methyl sites for hydroxylation is 1. The molecule has 1 unspecified atom stereocenters. The van der Waals surface area contributed by atoms with Crippen molar-refractivity contribution in [3.05, 3.63) is 59.3 Å². The lowest BCUT2D eigenvalue weighted by molar-refractivity contribution is 0.0602. The number of methoxy groups -OCH3 is 1. The van der Waals surface area contributed by atoms with E-state index in [1.165, 1.54) is 5.52 Å². The molecule has 2 aliphatic heterocycles. The molecule has 0 N–H and O–H groups in total. The van der Waals surface area contributed by atoms with E-state index in [1.807, 2.05) is 24.0 Å². The number of fused-ring (bicyclic) bond motifs is 6. The van der Waals surface area contributed by atoms with Crippen molar-refractivity contribution < 1.29 is 9.53 Å². The highest BCUT2D eigenvalue weighted by molar-refractivity contribution is 6.02. The molecular formula is C21H21N3O2. The van der Waals surface area contributed by atoms with Gasteiger partial charge in [0.05, 0.1) is 24.1 Å². The number of hydrogen-bond acceptors (Lipinski definition) is 3. The second kappa shape index (κ2) is 5.27. The average Bonchev–Trinajstić information content (AvgIpc) is 3.03. The summed E-state index contributed by atoms with van der Waals surface area (Å²) in [6.45, 7) is 3.55. The van der Waals surface area contributed by atoms with E-state index < -0.39 is 0 Å². The Morgan fingerprint density at radius 1 is 1.08 bits per heavy atom. The summed E-state index contributed by atoms with van der Waals surface area (Å²) in [5.41, 5.74) is 5.26. The lowest BCUT2D eigenvalue weighted by Crippen LogP contribution is -2.52. The molecule has 0 saturated heterocycles. The highest BCUT2D eigenvalue weighted by atomic mass is 16.5. The first kappa shape index (κ1) is 15.3. The molecule has 3 aromatic rings. The van der Waals surface area contributed by atoms with Crippen LogP contribution in [0.2, 0.25) is 0 Å². The largest absolute Gasteiger partial charge is 0.497 e. The third-order valence-corrected chi connectivity index (χ3v) is 5.65. The van der Waals surface area contributed by atoms with Crippen LogP contribution in [0.4, 0.5) is 5.69 Å². The van der Waals surface area contributed by atoms with Gasteiger partial charge in [-0.25, -0.2) is 0 Å². The van der Waals surface area contributed by atoms with E-state index in [0.717, 1.165) is 40.2 Å². The average molecular weight is 347 g/mol. The monoisotopic (exact) mass is 347 g/mol. The van der Waals surface area contributed by atoms with Gasteiger partial charge in [-0.05, 0) is 43.3 Å². The number of carbonyl (C=O) groups is 1. The molecule has 0 radical (unpaired) electrons. The van der Waals surface area contributed by atoms with Gasteiger partial charge in [0.1, 0.15) is 11.9 Å². The zero-order valence-corrected chi connectivity index (χ0v) is 15.2. The van der Waals surface area contributed by atoms with E-state index in [1.54, 1.807) is 7.11 Å². The number of nitrogens with zero attached hydrogens (tertiary/aromatic N) is 3. The maximum atomic E-state index is 13.1. The smallest absolute Gasteiger partial charge is 0.257 e. The van der Waals surface area contributed by atoms with Gasteiger partial charge < -0.3 is 19.1 Å². The van der Waals surface area contributed by atoms with Crippen molar-refractivity contribution in [2.45, 2.75) is 19.6 Å². The van der Waals surface area contributed by atoms with Crippen molar-refractivity contribution in [2.75, 3.05) is 25.6 Å². The highest BCUT2D eigenvalue weighted by Crippen LogP contribution is 2.42. The third-order valence-electron chi connectivity index (χ3n) is 5.65. The summed E-state index contributed by atoms with van der Waals surface area (Å²) in [5.74, 6) is 0.979. The van der Waals surface area contributed by atoms with Crippen LogP contribution in [0.5, 0.6) is 5.75 Å². The topological polar surface area (TPSA) is 37.7 Å². The molecular weight excluding hydrogens is 326 g/mol. The minimum absolute atomic E-state index is 0.0788. The second-order valence-corrected chi connectivity index (χ2v) is 7.15. The van der Waals surface area contributed by atoms with Crippen LogP contribution in [0, 0.1) is 6.92 Å². The molecule has 1 amide bonds. The number of benzene rings is 2. The van der Waals surface area contributed by atoms with Gasteiger partial charge in [0.15, 0.2) is 0 Å². The van der Waals surface area contributed by atoms with E-state index in [0.29, 0.717) is 6.54 Å². The maximum absolute atomic E-state index is 13.1. The lowest BCUT2D eigenvalue weighted by Gasteiger charge is -2.46.